The van der Waals surface area contributed by atoms with E-state index in [1.807, 2.05) is 0 Å². The maximum atomic E-state index is 12.7. The number of hydrogen-bond acceptors (Lipinski definition) is 3. The Balaban J connectivity index is 1.86. The van der Waals surface area contributed by atoms with Crippen LogP contribution < -0.4 is 10.1 Å². The van der Waals surface area contributed by atoms with Gasteiger partial charge in [0.1, 0.15) is 17.9 Å². The molecule has 0 saturated carbocycles. The summed E-state index contributed by atoms with van der Waals surface area (Å²) in [5.41, 5.74) is -0.774. The molecule has 9 heteroatoms. The number of halogens is 3. The van der Waals surface area contributed by atoms with Crippen molar-refractivity contribution in [1.82, 2.24) is 10.2 Å². The molecule has 0 spiro atoms. The molecular formula is C16H19F3N2O4. The Bertz CT molecular complexity index is 628. The van der Waals surface area contributed by atoms with E-state index in [0.29, 0.717) is 25.9 Å². The van der Waals surface area contributed by atoms with Crippen LogP contribution in [0.3, 0.4) is 0 Å². The first-order chi connectivity index (χ1) is 11.7. The number of nitrogens with one attached hydrogen (secondary N) is 1. The van der Waals surface area contributed by atoms with Crippen molar-refractivity contribution in [3.63, 3.8) is 0 Å². The molecule has 1 fully saturated rings. The van der Waals surface area contributed by atoms with E-state index in [1.165, 1.54) is 24.0 Å². The van der Waals surface area contributed by atoms with Gasteiger partial charge < -0.3 is 20.1 Å². The lowest BCUT2D eigenvalue weighted by atomic mass is 10.1. The minimum absolute atomic E-state index is 0.136. The predicted octanol–water partition coefficient (Wildman–Crippen LogP) is 2.73. The second-order valence-corrected chi connectivity index (χ2v) is 5.84. The van der Waals surface area contributed by atoms with Crippen LogP contribution in [0, 0.1) is 0 Å². The van der Waals surface area contributed by atoms with E-state index >= 15 is 0 Å². The van der Waals surface area contributed by atoms with Crippen molar-refractivity contribution in [2.45, 2.75) is 38.1 Å². The number of ether oxygens (including phenoxy) is 1. The van der Waals surface area contributed by atoms with E-state index in [0.717, 1.165) is 12.1 Å². The Labute approximate surface area is 142 Å². The summed E-state index contributed by atoms with van der Waals surface area (Å²) in [6.07, 6.45) is -3.83. The van der Waals surface area contributed by atoms with Crippen LogP contribution in [-0.2, 0) is 11.0 Å². The van der Waals surface area contributed by atoms with Gasteiger partial charge in [-0.05, 0) is 25.1 Å². The molecule has 1 aromatic carbocycles. The molecule has 1 saturated heterocycles. The van der Waals surface area contributed by atoms with Crippen LogP contribution in [-0.4, -0.2) is 47.2 Å². The summed E-state index contributed by atoms with van der Waals surface area (Å²) in [4.78, 5) is 24.1. The Morgan fingerprint density at radius 2 is 1.96 bits per heavy atom. The van der Waals surface area contributed by atoms with E-state index < -0.39 is 29.8 Å². The minimum atomic E-state index is -4.43. The Morgan fingerprint density at radius 3 is 2.52 bits per heavy atom. The highest BCUT2D eigenvalue weighted by molar-refractivity contribution is 5.82. The number of carbonyl (C=O) groups excluding carboxylic acids is 1. The number of hydrogen-bond donors (Lipinski definition) is 2. The van der Waals surface area contributed by atoms with E-state index in [-0.39, 0.29) is 11.9 Å². The van der Waals surface area contributed by atoms with Gasteiger partial charge in [0, 0.05) is 25.9 Å². The number of carbonyl (C=O) groups is 2. The number of nitrogens with zero attached hydrogens (tertiary/aromatic N) is 1. The number of likely N-dealkylation sites (tertiary alicyclic amines) is 1. The zero-order valence-corrected chi connectivity index (χ0v) is 13.5. The lowest BCUT2D eigenvalue weighted by Gasteiger charge is -2.32. The molecule has 0 bridgehead atoms. The highest BCUT2D eigenvalue weighted by atomic mass is 19.4. The van der Waals surface area contributed by atoms with Crippen LogP contribution in [0.4, 0.5) is 18.0 Å². The highest BCUT2D eigenvalue weighted by Crippen LogP contribution is 2.32. The molecule has 2 rings (SSSR count). The molecule has 0 radical (unpaired) electrons. The summed E-state index contributed by atoms with van der Waals surface area (Å²) in [6.45, 7) is 2.04. The molecule has 1 aliphatic rings. The first-order valence-corrected chi connectivity index (χ1v) is 7.79. The summed E-state index contributed by atoms with van der Waals surface area (Å²) >= 11 is 0. The van der Waals surface area contributed by atoms with Crippen LogP contribution in [0.1, 0.15) is 25.3 Å². The van der Waals surface area contributed by atoms with Gasteiger partial charge in [0.25, 0.3) is 0 Å². The van der Waals surface area contributed by atoms with Crippen LogP contribution in [0.15, 0.2) is 24.3 Å². The number of rotatable bonds is 4. The van der Waals surface area contributed by atoms with Gasteiger partial charge in [-0.3, -0.25) is 4.79 Å². The molecule has 0 aromatic heterocycles. The van der Waals surface area contributed by atoms with Crippen molar-refractivity contribution >= 4 is 12.0 Å². The second-order valence-electron chi connectivity index (χ2n) is 5.84. The molecule has 1 atom stereocenters. The van der Waals surface area contributed by atoms with Crippen LogP contribution in [0.5, 0.6) is 5.75 Å². The first-order valence-electron chi connectivity index (χ1n) is 7.79. The summed E-state index contributed by atoms with van der Waals surface area (Å²) in [5.74, 6) is -0.992. The summed E-state index contributed by atoms with van der Waals surface area (Å²) in [7, 11) is 0. The van der Waals surface area contributed by atoms with Gasteiger partial charge in [-0.1, -0.05) is 6.07 Å². The highest BCUT2D eigenvalue weighted by Gasteiger charge is 2.31. The fourth-order valence-corrected chi connectivity index (χ4v) is 2.45. The molecule has 1 heterocycles. The third-order valence-electron chi connectivity index (χ3n) is 3.90. The van der Waals surface area contributed by atoms with Crippen LogP contribution in [0.2, 0.25) is 0 Å². The molecule has 138 valence electrons. The van der Waals surface area contributed by atoms with Crippen molar-refractivity contribution in [3.8, 4) is 5.75 Å². The van der Waals surface area contributed by atoms with Gasteiger partial charge in [0.05, 0.1) is 5.56 Å². The van der Waals surface area contributed by atoms with Gasteiger partial charge in [-0.2, -0.15) is 13.2 Å². The minimum Gasteiger partial charge on any atom is -0.490 e. The largest absolute Gasteiger partial charge is 0.490 e. The lowest BCUT2D eigenvalue weighted by Crippen LogP contribution is -2.50. The first kappa shape index (κ1) is 18.9. The van der Waals surface area contributed by atoms with Gasteiger partial charge in [0.2, 0.25) is 0 Å². The third-order valence-corrected chi connectivity index (χ3v) is 3.90. The van der Waals surface area contributed by atoms with Crippen molar-refractivity contribution in [3.05, 3.63) is 29.8 Å². The van der Waals surface area contributed by atoms with Gasteiger partial charge in [-0.25, -0.2) is 4.79 Å². The van der Waals surface area contributed by atoms with Crippen molar-refractivity contribution < 1.29 is 32.6 Å². The predicted molar refractivity (Wildman–Crippen MR) is 82.3 cm³/mol. The average Bonchev–Trinajstić information content (AvgIpc) is 2.54. The van der Waals surface area contributed by atoms with Crippen LogP contribution >= 0.6 is 0 Å². The maximum absolute atomic E-state index is 12.7. The van der Waals surface area contributed by atoms with Gasteiger partial charge >= 0.3 is 18.2 Å². The Morgan fingerprint density at radius 1 is 1.32 bits per heavy atom. The van der Waals surface area contributed by atoms with E-state index in [2.05, 4.69) is 5.32 Å². The molecule has 25 heavy (non-hydrogen) atoms. The SMILES string of the molecule is C[C@@H](NC(=O)N1CCC(Oc2cccc(C(F)(F)F)c2)CC1)C(=O)O. The number of piperidine rings is 1. The number of aliphatic carboxylic acids is 1. The summed E-state index contributed by atoms with van der Waals surface area (Å²) in [5, 5.41) is 11.1. The number of amides is 2. The van der Waals surface area contributed by atoms with E-state index in [4.69, 9.17) is 9.84 Å². The molecule has 2 amide bonds. The van der Waals surface area contributed by atoms with Crippen LogP contribution in [0.25, 0.3) is 0 Å². The number of alkyl halides is 3. The average molecular weight is 360 g/mol. The number of carboxylic acid groups (broad SMARTS) is 1. The van der Waals surface area contributed by atoms with E-state index in [1.54, 1.807) is 0 Å². The molecule has 2 N–H and O–H groups in total. The molecule has 1 aromatic rings. The number of urea groups is 1. The standard InChI is InChI=1S/C16H19F3N2O4/c1-10(14(22)23)20-15(24)21-7-5-12(6-8-21)25-13-4-2-3-11(9-13)16(17,18)19/h2-4,9-10,12H,5-8H2,1H3,(H,20,24)(H,22,23)/t10-/m1/s1. The Hall–Kier alpha value is -2.45. The van der Waals surface area contributed by atoms with Crippen molar-refractivity contribution in [2.75, 3.05) is 13.1 Å². The summed E-state index contributed by atoms with van der Waals surface area (Å²) < 4.78 is 43.7. The normalized spacial score (nSPS) is 17.0. The second kappa shape index (κ2) is 7.62. The van der Waals surface area contributed by atoms with Gasteiger partial charge in [-0.15, -0.1) is 0 Å². The fraction of sp³-hybridized carbons (Fsp3) is 0.500. The summed E-state index contributed by atoms with van der Waals surface area (Å²) in [6, 6.07) is 3.20. The quantitative estimate of drug-likeness (QED) is 0.865. The zero-order valence-electron chi connectivity index (χ0n) is 13.5. The topological polar surface area (TPSA) is 78.9 Å². The number of benzene rings is 1. The molecule has 0 unspecified atom stereocenters. The molecular weight excluding hydrogens is 341 g/mol. The number of carboxylic acids is 1. The zero-order chi connectivity index (χ0) is 18.6. The Kier molecular flexibility index (Phi) is 5.76. The van der Waals surface area contributed by atoms with Gasteiger partial charge in [0.15, 0.2) is 0 Å². The maximum Gasteiger partial charge on any atom is 0.416 e. The van der Waals surface area contributed by atoms with Crippen molar-refractivity contribution in [1.29, 1.82) is 0 Å². The molecule has 1 aliphatic heterocycles. The molecule has 6 nitrogen and oxygen atoms in total. The lowest BCUT2D eigenvalue weighted by molar-refractivity contribution is -0.139. The molecule has 0 aliphatic carbocycles. The smallest absolute Gasteiger partial charge is 0.416 e. The van der Waals surface area contributed by atoms with E-state index in [9.17, 15) is 22.8 Å². The monoisotopic (exact) mass is 360 g/mol. The van der Waals surface area contributed by atoms with Crippen molar-refractivity contribution in [2.24, 2.45) is 0 Å². The third kappa shape index (κ3) is 5.27. The fourth-order valence-electron chi connectivity index (χ4n) is 2.45.